The predicted molar refractivity (Wildman–Crippen MR) is 145 cm³/mol. The molecule has 0 saturated heterocycles. The van der Waals surface area contributed by atoms with Gasteiger partial charge >= 0.3 is 0 Å². The second kappa shape index (κ2) is 13.0. The van der Waals surface area contributed by atoms with E-state index in [9.17, 15) is 4.79 Å². The van der Waals surface area contributed by atoms with Crippen LogP contribution in [0.4, 0.5) is 5.69 Å². The van der Waals surface area contributed by atoms with E-state index in [2.05, 4.69) is 4.99 Å². The highest BCUT2D eigenvalue weighted by molar-refractivity contribution is 6.04. The first-order valence-corrected chi connectivity index (χ1v) is 11.4. The molecule has 0 amide bonds. The molecule has 0 aliphatic carbocycles. The van der Waals surface area contributed by atoms with Crippen LogP contribution in [0, 0.1) is 0 Å². The van der Waals surface area contributed by atoms with Crippen LogP contribution in [0.25, 0.3) is 12.2 Å². The number of hydrogen-bond acceptors (Lipinski definition) is 8. The first-order chi connectivity index (χ1) is 18.0. The van der Waals surface area contributed by atoms with E-state index in [1.165, 1.54) is 7.11 Å². The molecule has 0 aliphatic rings. The molecule has 0 fully saturated rings. The average molecular weight is 506 g/mol. The van der Waals surface area contributed by atoms with Crippen molar-refractivity contribution in [2.45, 2.75) is 6.42 Å². The summed E-state index contributed by atoms with van der Waals surface area (Å²) in [7, 11) is 9.38. The SMILES string of the molecule is COc1ccc(/C=C\c2cc(OC)c(OC)c(OC)c2)cc1N=CCC(=O)c1ccc(OC)c(OC)c1. The molecule has 0 atom stereocenters. The van der Waals surface area contributed by atoms with E-state index in [1.807, 2.05) is 42.5 Å². The number of rotatable bonds is 12. The van der Waals surface area contributed by atoms with Crippen molar-refractivity contribution in [1.29, 1.82) is 0 Å². The summed E-state index contributed by atoms with van der Waals surface area (Å²) in [5.41, 5.74) is 2.89. The monoisotopic (exact) mass is 505 g/mol. The van der Waals surface area contributed by atoms with Crippen LogP contribution >= 0.6 is 0 Å². The Bertz CT molecular complexity index is 1270. The zero-order chi connectivity index (χ0) is 26.8. The first-order valence-electron chi connectivity index (χ1n) is 11.4. The second-order valence-corrected chi connectivity index (χ2v) is 7.73. The minimum Gasteiger partial charge on any atom is -0.494 e. The molecule has 0 unspecified atom stereocenters. The zero-order valence-electron chi connectivity index (χ0n) is 21.9. The largest absolute Gasteiger partial charge is 0.494 e. The van der Waals surface area contributed by atoms with Gasteiger partial charge in [0.25, 0.3) is 0 Å². The van der Waals surface area contributed by atoms with Crippen LogP contribution in [-0.4, -0.2) is 54.7 Å². The Kier molecular flexibility index (Phi) is 9.55. The van der Waals surface area contributed by atoms with Gasteiger partial charge in [0.2, 0.25) is 5.75 Å². The predicted octanol–water partition coefficient (Wildman–Crippen LogP) is 5.88. The molecular formula is C29H31NO7. The number of ether oxygens (including phenoxy) is 6. The number of benzene rings is 3. The maximum Gasteiger partial charge on any atom is 0.203 e. The van der Waals surface area contributed by atoms with E-state index in [0.717, 1.165) is 11.1 Å². The Balaban J connectivity index is 1.79. The van der Waals surface area contributed by atoms with E-state index >= 15 is 0 Å². The van der Waals surface area contributed by atoms with Crippen LogP contribution in [-0.2, 0) is 0 Å². The molecule has 37 heavy (non-hydrogen) atoms. The molecule has 3 aromatic carbocycles. The summed E-state index contributed by atoms with van der Waals surface area (Å²) in [4.78, 5) is 17.2. The fraction of sp³-hybridized carbons (Fsp3) is 0.241. The zero-order valence-corrected chi connectivity index (χ0v) is 21.9. The first kappa shape index (κ1) is 27.1. The summed E-state index contributed by atoms with van der Waals surface area (Å²) in [6.07, 6.45) is 5.56. The lowest BCUT2D eigenvalue weighted by atomic mass is 10.1. The molecule has 0 aliphatic heterocycles. The lowest BCUT2D eigenvalue weighted by molar-refractivity contribution is 0.100. The normalized spacial score (nSPS) is 11.0. The van der Waals surface area contributed by atoms with Crippen molar-refractivity contribution < 1.29 is 33.2 Å². The standard InChI is InChI=1S/C29H31NO7/c1-32-24-11-9-19(7-8-20-16-27(35-4)29(37-6)28(17-20)36-5)15-22(24)30-14-13-23(31)21-10-12-25(33-2)26(18-21)34-3/h7-12,14-18H,13H2,1-6H3/b8-7-,30-14?. The number of hydrogen-bond donors (Lipinski definition) is 0. The highest BCUT2D eigenvalue weighted by Gasteiger charge is 2.13. The Morgan fingerprint density at radius 1 is 0.649 bits per heavy atom. The highest BCUT2D eigenvalue weighted by Crippen LogP contribution is 2.39. The quantitative estimate of drug-likeness (QED) is 0.173. The van der Waals surface area contributed by atoms with Crippen LogP contribution in [0.1, 0.15) is 27.9 Å². The number of methoxy groups -OCH3 is 6. The third-order valence-electron chi connectivity index (χ3n) is 5.57. The van der Waals surface area contributed by atoms with Crippen molar-refractivity contribution in [3.8, 4) is 34.5 Å². The molecule has 0 radical (unpaired) electrons. The van der Waals surface area contributed by atoms with Crippen LogP contribution in [0.3, 0.4) is 0 Å². The molecule has 0 aromatic heterocycles. The highest BCUT2D eigenvalue weighted by atomic mass is 16.5. The van der Waals surface area contributed by atoms with Gasteiger partial charge in [-0.3, -0.25) is 9.79 Å². The van der Waals surface area contributed by atoms with Crippen molar-refractivity contribution in [2.75, 3.05) is 42.7 Å². The van der Waals surface area contributed by atoms with E-state index in [-0.39, 0.29) is 12.2 Å². The van der Waals surface area contributed by atoms with Gasteiger partial charge in [0.05, 0.1) is 42.7 Å². The van der Waals surface area contributed by atoms with Crippen molar-refractivity contribution in [2.24, 2.45) is 4.99 Å². The Labute approximate surface area is 217 Å². The summed E-state index contributed by atoms with van der Waals surface area (Å²) in [5.74, 6) is 3.24. The number of Topliss-reactive ketones (excluding diaryl/α,β-unsaturated/α-hetero) is 1. The minimum absolute atomic E-state index is 0.0953. The number of aliphatic imine (C=N–C) groups is 1. The van der Waals surface area contributed by atoms with Crippen LogP contribution < -0.4 is 28.4 Å². The van der Waals surface area contributed by atoms with Crippen LogP contribution in [0.5, 0.6) is 34.5 Å². The van der Waals surface area contributed by atoms with Crippen molar-refractivity contribution in [3.63, 3.8) is 0 Å². The van der Waals surface area contributed by atoms with Gasteiger partial charge in [-0.05, 0) is 53.6 Å². The third-order valence-corrected chi connectivity index (χ3v) is 5.57. The third kappa shape index (κ3) is 6.61. The number of nitrogens with zero attached hydrogens (tertiary/aromatic N) is 1. The summed E-state index contributed by atoms with van der Waals surface area (Å²) in [5, 5.41) is 0. The molecule has 194 valence electrons. The molecule has 0 N–H and O–H groups in total. The van der Waals surface area contributed by atoms with Gasteiger partial charge in [-0.1, -0.05) is 18.2 Å². The van der Waals surface area contributed by atoms with Crippen molar-refractivity contribution >= 4 is 29.8 Å². The summed E-state index contributed by atoms with van der Waals surface area (Å²) in [6, 6.07) is 14.4. The van der Waals surface area contributed by atoms with E-state index in [4.69, 9.17) is 28.4 Å². The maximum atomic E-state index is 12.7. The molecule has 3 rings (SSSR count). The molecular weight excluding hydrogens is 474 g/mol. The van der Waals surface area contributed by atoms with Gasteiger partial charge in [-0.2, -0.15) is 0 Å². The van der Waals surface area contributed by atoms with Crippen LogP contribution in [0.15, 0.2) is 53.5 Å². The minimum atomic E-state index is -0.0953. The topological polar surface area (TPSA) is 84.8 Å². The summed E-state index contributed by atoms with van der Waals surface area (Å²) >= 11 is 0. The van der Waals surface area contributed by atoms with Crippen molar-refractivity contribution in [1.82, 2.24) is 0 Å². The fourth-order valence-corrected chi connectivity index (χ4v) is 3.66. The fourth-order valence-electron chi connectivity index (χ4n) is 3.66. The number of ketones is 1. The Morgan fingerprint density at radius 3 is 1.84 bits per heavy atom. The lowest BCUT2D eigenvalue weighted by Crippen LogP contribution is -2.01. The molecule has 0 heterocycles. The van der Waals surface area contributed by atoms with E-state index in [1.54, 1.807) is 60.0 Å². The molecule has 0 saturated carbocycles. The van der Waals surface area contributed by atoms with E-state index in [0.29, 0.717) is 45.7 Å². The molecule has 3 aromatic rings. The van der Waals surface area contributed by atoms with Gasteiger partial charge < -0.3 is 28.4 Å². The van der Waals surface area contributed by atoms with Gasteiger partial charge in [-0.25, -0.2) is 0 Å². The van der Waals surface area contributed by atoms with Crippen molar-refractivity contribution in [3.05, 3.63) is 65.2 Å². The lowest BCUT2D eigenvalue weighted by Gasteiger charge is -2.12. The van der Waals surface area contributed by atoms with Gasteiger partial charge in [0, 0.05) is 18.2 Å². The second-order valence-electron chi connectivity index (χ2n) is 7.73. The number of carbonyl (C=O) groups is 1. The summed E-state index contributed by atoms with van der Waals surface area (Å²) < 4.78 is 32.2. The van der Waals surface area contributed by atoms with Gasteiger partial charge in [-0.15, -0.1) is 0 Å². The van der Waals surface area contributed by atoms with E-state index < -0.39 is 0 Å². The Hall–Kier alpha value is -4.46. The van der Waals surface area contributed by atoms with Gasteiger partial charge in [0.1, 0.15) is 11.4 Å². The molecule has 0 bridgehead atoms. The molecule has 0 spiro atoms. The average Bonchev–Trinajstić information content (AvgIpc) is 2.94. The van der Waals surface area contributed by atoms with Crippen LogP contribution in [0.2, 0.25) is 0 Å². The Morgan fingerprint density at radius 2 is 1.24 bits per heavy atom. The molecule has 8 heteroatoms. The molecule has 8 nitrogen and oxygen atoms in total. The smallest absolute Gasteiger partial charge is 0.203 e. The van der Waals surface area contributed by atoms with Gasteiger partial charge in [0.15, 0.2) is 28.8 Å². The number of carbonyl (C=O) groups excluding carboxylic acids is 1. The summed E-state index contributed by atoms with van der Waals surface area (Å²) in [6.45, 7) is 0. The maximum absolute atomic E-state index is 12.7.